The van der Waals surface area contributed by atoms with Crippen LogP contribution in [0.5, 0.6) is 0 Å². The Morgan fingerprint density at radius 2 is 1.81 bits per heavy atom. The van der Waals surface area contributed by atoms with E-state index < -0.39 is 11.9 Å². The van der Waals surface area contributed by atoms with Crippen molar-refractivity contribution < 1.29 is 19.4 Å². The van der Waals surface area contributed by atoms with Crippen LogP contribution in [-0.4, -0.2) is 17.0 Å². The molecule has 1 aromatic carbocycles. The molecule has 1 heterocycles. The van der Waals surface area contributed by atoms with Crippen LogP contribution in [0.3, 0.4) is 0 Å². The molecule has 0 aromatic heterocycles. The minimum Gasteiger partial charge on any atom is -0.516 e. The van der Waals surface area contributed by atoms with Crippen LogP contribution < -0.4 is 0 Å². The van der Waals surface area contributed by atoms with Gasteiger partial charge in [-0.05, 0) is 17.2 Å². The van der Waals surface area contributed by atoms with E-state index in [2.05, 4.69) is 4.74 Å². The van der Waals surface area contributed by atoms with Gasteiger partial charge in [-0.25, -0.2) is 9.59 Å². The molecule has 16 heavy (non-hydrogen) atoms. The van der Waals surface area contributed by atoms with Gasteiger partial charge in [0.15, 0.2) is 0 Å². The predicted octanol–water partition coefficient (Wildman–Crippen LogP) is 1.68. The van der Waals surface area contributed by atoms with Crippen molar-refractivity contribution in [3.05, 3.63) is 47.7 Å². The van der Waals surface area contributed by atoms with Gasteiger partial charge in [0, 0.05) is 6.08 Å². The Morgan fingerprint density at radius 3 is 2.31 bits per heavy atom. The third-order valence-electron chi connectivity index (χ3n) is 2.16. The number of hydrogen-bond donors (Lipinski definition) is 1. The van der Waals surface area contributed by atoms with Gasteiger partial charge in [-0.2, -0.15) is 0 Å². The number of hydrogen-bond acceptors (Lipinski definition) is 4. The lowest BCUT2D eigenvalue weighted by atomic mass is 10.0. The van der Waals surface area contributed by atoms with E-state index in [0.717, 1.165) is 11.8 Å². The van der Waals surface area contributed by atoms with Gasteiger partial charge in [-0.1, -0.05) is 24.3 Å². The molecule has 2 rings (SSSR count). The Hall–Kier alpha value is -2.36. The Bertz CT molecular complexity index is 494. The van der Waals surface area contributed by atoms with Crippen LogP contribution in [-0.2, 0) is 14.3 Å². The van der Waals surface area contributed by atoms with Gasteiger partial charge in [0.2, 0.25) is 0 Å². The van der Waals surface area contributed by atoms with E-state index in [1.807, 2.05) is 0 Å². The van der Waals surface area contributed by atoms with Gasteiger partial charge in [-0.15, -0.1) is 0 Å². The van der Waals surface area contributed by atoms with E-state index in [9.17, 15) is 9.59 Å². The number of carbonyl (C=O) groups excluding carboxylic acids is 2. The van der Waals surface area contributed by atoms with Crippen LogP contribution in [0.15, 0.2) is 36.6 Å². The molecule has 80 valence electrons. The van der Waals surface area contributed by atoms with Gasteiger partial charge in [-0.3, -0.25) is 0 Å². The smallest absolute Gasteiger partial charge is 0.346 e. The number of cyclic esters (lactones) is 2. The molecule has 0 aliphatic carbocycles. The molecule has 0 saturated carbocycles. The van der Waals surface area contributed by atoms with Crippen molar-refractivity contribution >= 4 is 23.6 Å². The fourth-order valence-electron chi connectivity index (χ4n) is 1.41. The van der Waals surface area contributed by atoms with E-state index in [1.54, 1.807) is 24.3 Å². The van der Waals surface area contributed by atoms with Crippen LogP contribution in [0.1, 0.15) is 11.1 Å². The third-order valence-corrected chi connectivity index (χ3v) is 2.16. The molecule has 0 atom stereocenters. The topological polar surface area (TPSA) is 63.6 Å². The van der Waals surface area contributed by atoms with Gasteiger partial charge in [0.25, 0.3) is 0 Å². The first-order valence-electron chi connectivity index (χ1n) is 4.60. The normalized spacial score (nSPS) is 15.4. The summed E-state index contributed by atoms with van der Waals surface area (Å²) in [4.78, 5) is 22.1. The molecule has 1 aromatic rings. The molecular formula is C12H8O4. The first-order valence-corrected chi connectivity index (χ1v) is 4.60. The molecule has 0 fully saturated rings. The molecule has 4 heteroatoms. The summed E-state index contributed by atoms with van der Waals surface area (Å²) in [5.74, 6) is -1.27. The number of esters is 2. The highest BCUT2D eigenvalue weighted by atomic mass is 16.6. The van der Waals surface area contributed by atoms with Gasteiger partial charge < -0.3 is 9.84 Å². The number of aliphatic hydroxyl groups is 1. The van der Waals surface area contributed by atoms with Crippen LogP contribution in [0.4, 0.5) is 0 Å². The second-order valence-corrected chi connectivity index (χ2v) is 3.20. The number of carbonyl (C=O) groups is 2. The zero-order valence-corrected chi connectivity index (χ0v) is 8.21. The quantitative estimate of drug-likeness (QED) is 0.464. The van der Waals surface area contributed by atoms with E-state index in [-0.39, 0.29) is 5.57 Å². The maximum absolute atomic E-state index is 11.2. The van der Waals surface area contributed by atoms with Gasteiger partial charge >= 0.3 is 11.9 Å². The van der Waals surface area contributed by atoms with Crippen LogP contribution >= 0.6 is 0 Å². The Balaban J connectivity index is 2.32. The Morgan fingerprint density at radius 1 is 1.12 bits per heavy atom. The summed E-state index contributed by atoms with van der Waals surface area (Å²) >= 11 is 0. The number of aliphatic hydroxyl groups excluding tert-OH is 1. The van der Waals surface area contributed by atoms with Gasteiger partial charge in [0.05, 0.1) is 11.8 Å². The standard InChI is InChI=1S/C12H8O4/c13-6-5-8-1-3-9(4-2-8)10-7-11(14)16-12(10)15/h1-7,13H. The number of ether oxygens (including phenoxy) is 1. The summed E-state index contributed by atoms with van der Waals surface area (Å²) in [6.07, 6.45) is 3.61. The van der Waals surface area contributed by atoms with Crippen molar-refractivity contribution in [1.29, 1.82) is 0 Å². The molecule has 0 spiro atoms. The second-order valence-electron chi connectivity index (χ2n) is 3.20. The largest absolute Gasteiger partial charge is 0.516 e. The Labute approximate surface area is 91.5 Å². The zero-order valence-electron chi connectivity index (χ0n) is 8.21. The zero-order chi connectivity index (χ0) is 11.5. The summed E-state index contributed by atoms with van der Waals surface area (Å²) in [6.45, 7) is 0. The van der Waals surface area contributed by atoms with Crippen molar-refractivity contribution in [3.63, 3.8) is 0 Å². The van der Waals surface area contributed by atoms with E-state index in [0.29, 0.717) is 5.56 Å². The molecule has 0 saturated heterocycles. The molecule has 1 aliphatic rings. The Kier molecular flexibility index (Phi) is 2.55. The summed E-state index contributed by atoms with van der Waals surface area (Å²) < 4.78 is 4.38. The minimum absolute atomic E-state index is 0.254. The summed E-state index contributed by atoms with van der Waals surface area (Å²) in [6, 6.07) is 6.81. The molecule has 0 bridgehead atoms. The summed E-state index contributed by atoms with van der Waals surface area (Å²) in [7, 11) is 0. The fraction of sp³-hybridized carbons (Fsp3) is 0. The lowest BCUT2D eigenvalue weighted by molar-refractivity contribution is -0.149. The van der Waals surface area contributed by atoms with Gasteiger partial charge in [0.1, 0.15) is 0 Å². The highest BCUT2D eigenvalue weighted by Crippen LogP contribution is 2.21. The van der Waals surface area contributed by atoms with Crippen molar-refractivity contribution in [1.82, 2.24) is 0 Å². The first-order chi connectivity index (χ1) is 7.70. The highest BCUT2D eigenvalue weighted by Gasteiger charge is 2.24. The molecule has 1 N–H and O–H groups in total. The van der Waals surface area contributed by atoms with Crippen LogP contribution in [0, 0.1) is 0 Å². The van der Waals surface area contributed by atoms with E-state index in [4.69, 9.17) is 5.11 Å². The first kappa shape index (κ1) is 10.2. The fourth-order valence-corrected chi connectivity index (χ4v) is 1.41. The minimum atomic E-state index is -0.640. The third kappa shape index (κ3) is 1.86. The lowest BCUT2D eigenvalue weighted by Gasteiger charge is -1.99. The molecule has 4 nitrogen and oxygen atoms in total. The van der Waals surface area contributed by atoms with E-state index >= 15 is 0 Å². The average Bonchev–Trinajstić information content (AvgIpc) is 2.59. The monoisotopic (exact) mass is 216 g/mol. The van der Waals surface area contributed by atoms with Crippen molar-refractivity contribution in [2.24, 2.45) is 0 Å². The highest BCUT2D eigenvalue weighted by molar-refractivity contribution is 6.28. The van der Waals surface area contributed by atoms with Crippen LogP contribution in [0.25, 0.3) is 11.6 Å². The van der Waals surface area contributed by atoms with E-state index in [1.165, 1.54) is 12.2 Å². The summed E-state index contributed by atoms with van der Waals surface area (Å²) in [5, 5.41) is 8.57. The number of rotatable bonds is 2. The summed E-state index contributed by atoms with van der Waals surface area (Å²) in [5.41, 5.74) is 1.67. The second kappa shape index (κ2) is 4.02. The van der Waals surface area contributed by atoms with Crippen molar-refractivity contribution in [2.45, 2.75) is 0 Å². The molecule has 0 unspecified atom stereocenters. The average molecular weight is 216 g/mol. The molecule has 0 radical (unpaired) electrons. The van der Waals surface area contributed by atoms with Crippen LogP contribution in [0.2, 0.25) is 0 Å². The molecular weight excluding hydrogens is 208 g/mol. The predicted molar refractivity (Wildman–Crippen MR) is 57.2 cm³/mol. The molecule has 1 aliphatic heterocycles. The lowest BCUT2D eigenvalue weighted by Crippen LogP contribution is -2.01. The van der Waals surface area contributed by atoms with Crippen molar-refractivity contribution in [2.75, 3.05) is 0 Å². The SMILES string of the molecule is O=C1C=C(c2ccc(C=CO)cc2)C(=O)O1. The van der Waals surface area contributed by atoms with Crippen molar-refractivity contribution in [3.8, 4) is 0 Å². The maximum atomic E-state index is 11.2. The number of benzene rings is 1. The molecule has 0 amide bonds. The maximum Gasteiger partial charge on any atom is 0.346 e.